The maximum absolute atomic E-state index is 14.1. The zero-order valence-electron chi connectivity index (χ0n) is 11.5. The van der Waals surface area contributed by atoms with Crippen LogP contribution in [0.4, 0.5) is 4.39 Å². The molecule has 0 bridgehead atoms. The van der Waals surface area contributed by atoms with E-state index < -0.39 is 5.91 Å². The number of nitrogens with one attached hydrogen (secondary N) is 1. The molecule has 5 heteroatoms. The number of carbonyl (C=O) groups excluding carboxylic acids is 1. The Morgan fingerprint density at radius 1 is 1.42 bits per heavy atom. The van der Waals surface area contributed by atoms with Crippen molar-refractivity contribution in [2.45, 2.75) is 39.3 Å². The van der Waals surface area contributed by atoms with Gasteiger partial charge in [0.05, 0.1) is 0 Å². The molecule has 0 aliphatic carbocycles. The maximum atomic E-state index is 14.1. The Morgan fingerprint density at radius 2 is 2.11 bits per heavy atom. The SMILES string of the molecule is CC(C)(C)N1CCc2cc(C(=O)NO)cc(F)c2C1. The topological polar surface area (TPSA) is 52.6 Å². The number of rotatable bonds is 1. The van der Waals surface area contributed by atoms with Gasteiger partial charge in [-0.2, -0.15) is 0 Å². The standard InChI is InChI=1S/C14H19FN2O2/c1-14(2,3)17-5-4-9-6-10(13(18)16-19)7-12(15)11(9)8-17/h6-7,19H,4-5,8H2,1-3H3,(H,16,18). The second-order valence-corrected chi connectivity index (χ2v) is 5.88. The van der Waals surface area contributed by atoms with Gasteiger partial charge in [-0.25, -0.2) is 9.87 Å². The average Bonchev–Trinajstić information content (AvgIpc) is 2.36. The normalized spacial score (nSPS) is 16.1. The fourth-order valence-electron chi connectivity index (χ4n) is 2.39. The molecule has 2 rings (SSSR count). The predicted molar refractivity (Wildman–Crippen MR) is 69.5 cm³/mol. The first kappa shape index (κ1) is 14.0. The number of carbonyl (C=O) groups is 1. The molecular weight excluding hydrogens is 247 g/mol. The van der Waals surface area contributed by atoms with Crippen molar-refractivity contribution in [2.24, 2.45) is 0 Å². The van der Waals surface area contributed by atoms with Crippen molar-refractivity contribution in [2.75, 3.05) is 6.54 Å². The molecule has 1 aliphatic rings. The monoisotopic (exact) mass is 266 g/mol. The second-order valence-electron chi connectivity index (χ2n) is 5.88. The lowest BCUT2D eigenvalue weighted by Gasteiger charge is -2.39. The molecule has 2 N–H and O–H groups in total. The van der Waals surface area contributed by atoms with Crippen LogP contribution < -0.4 is 5.48 Å². The summed E-state index contributed by atoms with van der Waals surface area (Å²) in [6, 6.07) is 2.83. The molecule has 19 heavy (non-hydrogen) atoms. The van der Waals surface area contributed by atoms with Crippen LogP contribution in [0.15, 0.2) is 12.1 Å². The Kier molecular flexibility index (Phi) is 3.60. The highest BCUT2D eigenvalue weighted by Gasteiger charge is 2.28. The molecule has 0 aromatic heterocycles. The first-order chi connectivity index (χ1) is 8.82. The van der Waals surface area contributed by atoms with Gasteiger partial charge in [0.25, 0.3) is 5.91 Å². The number of halogens is 1. The van der Waals surface area contributed by atoms with Crippen LogP contribution in [-0.4, -0.2) is 28.1 Å². The Hall–Kier alpha value is -1.46. The molecule has 0 spiro atoms. The van der Waals surface area contributed by atoms with Crippen molar-refractivity contribution in [1.29, 1.82) is 0 Å². The Balaban J connectivity index is 2.35. The van der Waals surface area contributed by atoms with E-state index in [1.807, 2.05) is 0 Å². The Bertz CT molecular complexity index is 509. The summed E-state index contributed by atoms with van der Waals surface area (Å²) in [6.07, 6.45) is 0.704. The summed E-state index contributed by atoms with van der Waals surface area (Å²) in [7, 11) is 0. The van der Waals surface area contributed by atoms with Crippen LogP contribution in [-0.2, 0) is 13.0 Å². The third kappa shape index (κ3) is 2.77. The third-order valence-electron chi connectivity index (χ3n) is 3.60. The lowest BCUT2D eigenvalue weighted by atomic mass is 9.93. The highest BCUT2D eigenvalue weighted by atomic mass is 19.1. The van der Waals surface area contributed by atoms with Gasteiger partial charge in [0.15, 0.2) is 0 Å². The fraction of sp³-hybridized carbons (Fsp3) is 0.500. The van der Waals surface area contributed by atoms with Crippen molar-refractivity contribution in [3.05, 3.63) is 34.6 Å². The quantitative estimate of drug-likeness (QED) is 0.604. The van der Waals surface area contributed by atoms with Crippen LogP contribution in [0.2, 0.25) is 0 Å². The van der Waals surface area contributed by atoms with Crippen molar-refractivity contribution in [3.63, 3.8) is 0 Å². The summed E-state index contributed by atoms with van der Waals surface area (Å²) < 4.78 is 14.1. The maximum Gasteiger partial charge on any atom is 0.274 e. The molecule has 1 aromatic carbocycles. The Labute approximate surface area is 112 Å². The van der Waals surface area contributed by atoms with Gasteiger partial charge in [0, 0.05) is 29.8 Å². The summed E-state index contributed by atoms with van der Waals surface area (Å²) >= 11 is 0. The molecule has 0 saturated heterocycles. The van der Waals surface area contributed by atoms with E-state index in [1.165, 1.54) is 11.5 Å². The third-order valence-corrected chi connectivity index (χ3v) is 3.60. The molecule has 1 heterocycles. The zero-order valence-corrected chi connectivity index (χ0v) is 11.5. The zero-order chi connectivity index (χ0) is 14.2. The number of hydrogen-bond donors (Lipinski definition) is 2. The van der Waals surface area contributed by atoms with E-state index in [0.717, 1.165) is 12.1 Å². The minimum absolute atomic E-state index is 0.00866. The van der Waals surface area contributed by atoms with E-state index in [4.69, 9.17) is 5.21 Å². The van der Waals surface area contributed by atoms with Crippen LogP contribution in [0.3, 0.4) is 0 Å². The van der Waals surface area contributed by atoms with Gasteiger partial charge in [-0.05, 0) is 44.9 Å². The first-order valence-corrected chi connectivity index (χ1v) is 6.33. The lowest BCUT2D eigenvalue weighted by Crippen LogP contribution is -2.44. The second kappa shape index (κ2) is 4.90. The Morgan fingerprint density at radius 3 is 2.68 bits per heavy atom. The van der Waals surface area contributed by atoms with Crippen molar-refractivity contribution in [1.82, 2.24) is 10.4 Å². The van der Waals surface area contributed by atoms with Gasteiger partial charge >= 0.3 is 0 Å². The average molecular weight is 266 g/mol. The number of benzene rings is 1. The van der Waals surface area contributed by atoms with Gasteiger partial charge in [0.1, 0.15) is 5.82 Å². The molecule has 1 aromatic rings. The summed E-state index contributed by atoms with van der Waals surface area (Å²) in [4.78, 5) is 13.5. The molecule has 0 unspecified atom stereocenters. The van der Waals surface area contributed by atoms with E-state index in [-0.39, 0.29) is 16.9 Å². The number of fused-ring (bicyclic) bond motifs is 1. The molecular formula is C14H19FN2O2. The number of nitrogens with zero attached hydrogens (tertiary/aromatic N) is 1. The highest BCUT2D eigenvalue weighted by molar-refractivity contribution is 5.93. The van der Waals surface area contributed by atoms with E-state index >= 15 is 0 Å². The van der Waals surface area contributed by atoms with Crippen LogP contribution >= 0.6 is 0 Å². The highest BCUT2D eigenvalue weighted by Crippen LogP contribution is 2.27. The number of hydrogen-bond acceptors (Lipinski definition) is 3. The summed E-state index contributed by atoms with van der Waals surface area (Å²) in [5.41, 5.74) is 3.17. The predicted octanol–water partition coefficient (Wildman–Crippen LogP) is 2.10. The van der Waals surface area contributed by atoms with Gasteiger partial charge in [-0.1, -0.05) is 0 Å². The van der Waals surface area contributed by atoms with Crippen LogP contribution in [0.5, 0.6) is 0 Å². The summed E-state index contributed by atoms with van der Waals surface area (Å²) in [5, 5.41) is 8.60. The minimum atomic E-state index is -0.681. The molecule has 1 aliphatic heterocycles. The van der Waals surface area contributed by atoms with E-state index in [1.54, 1.807) is 6.07 Å². The first-order valence-electron chi connectivity index (χ1n) is 6.33. The van der Waals surface area contributed by atoms with E-state index in [2.05, 4.69) is 25.7 Å². The van der Waals surface area contributed by atoms with E-state index in [9.17, 15) is 9.18 Å². The number of hydroxylamine groups is 1. The van der Waals surface area contributed by atoms with Gasteiger partial charge in [-0.3, -0.25) is 14.9 Å². The van der Waals surface area contributed by atoms with Gasteiger partial charge < -0.3 is 0 Å². The van der Waals surface area contributed by atoms with Crippen LogP contribution in [0.1, 0.15) is 42.3 Å². The largest absolute Gasteiger partial charge is 0.294 e. The van der Waals surface area contributed by atoms with Crippen molar-refractivity contribution >= 4 is 5.91 Å². The fourth-order valence-corrected chi connectivity index (χ4v) is 2.39. The number of amides is 1. The lowest BCUT2D eigenvalue weighted by molar-refractivity contribution is 0.0705. The van der Waals surface area contributed by atoms with Crippen LogP contribution in [0.25, 0.3) is 0 Å². The van der Waals surface area contributed by atoms with Gasteiger partial charge in [-0.15, -0.1) is 0 Å². The molecule has 0 radical (unpaired) electrons. The molecule has 104 valence electrons. The molecule has 0 fully saturated rings. The van der Waals surface area contributed by atoms with Crippen LogP contribution in [0, 0.1) is 5.82 Å². The van der Waals surface area contributed by atoms with E-state index in [0.29, 0.717) is 18.5 Å². The summed E-state index contributed by atoms with van der Waals surface area (Å²) in [5.74, 6) is -1.06. The van der Waals surface area contributed by atoms with Gasteiger partial charge in [0.2, 0.25) is 0 Å². The molecule has 0 saturated carbocycles. The van der Waals surface area contributed by atoms with Crippen molar-refractivity contribution < 1.29 is 14.4 Å². The molecule has 4 nitrogen and oxygen atoms in total. The van der Waals surface area contributed by atoms with Crippen molar-refractivity contribution in [3.8, 4) is 0 Å². The molecule has 1 amide bonds. The smallest absolute Gasteiger partial charge is 0.274 e. The summed E-state index contributed by atoms with van der Waals surface area (Å²) in [6.45, 7) is 7.68. The minimum Gasteiger partial charge on any atom is -0.294 e. The molecule has 0 atom stereocenters.